The molecule has 4 aliphatic rings. The van der Waals surface area contributed by atoms with Gasteiger partial charge < -0.3 is 9.47 Å². The minimum atomic E-state index is -0.131. The fourth-order valence-electron chi connectivity index (χ4n) is 7.88. The summed E-state index contributed by atoms with van der Waals surface area (Å²) in [6.07, 6.45) is 10.8. The SMILES string of the molecule is CC(=O)O[C@@H]1C[C@@H]2[C@@H]3CC[C@H]4C[C@@H](OC(C)=O)CC[C@]4(C)[C@@H]3CC[C@]2(C)C1. The van der Waals surface area contributed by atoms with Gasteiger partial charge in [0.25, 0.3) is 0 Å². The van der Waals surface area contributed by atoms with Crippen molar-refractivity contribution in [3.8, 4) is 0 Å². The largest absolute Gasteiger partial charge is 0.463 e. The molecule has 0 aliphatic heterocycles. The van der Waals surface area contributed by atoms with Crippen molar-refractivity contribution < 1.29 is 19.1 Å². The number of hydrogen-bond acceptors (Lipinski definition) is 4. The summed E-state index contributed by atoms with van der Waals surface area (Å²) < 4.78 is 11.2. The monoisotopic (exact) mass is 376 g/mol. The molecule has 4 saturated carbocycles. The zero-order chi connectivity index (χ0) is 19.4. The van der Waals surface area contributed by atoms with E-state index in [2.05, 4.69) is 13.8 Å². The molecule has 0 radical (unpaired) electrons. The van der Waals surface area contributed by atoms with E-state index < -0.39 is 0 Å². The first-order valence-electron chi connectivity index (χ1n) is 11.1. The van der Waals surface area contributed by atoms with E-state index in [1.165, 1.54) is 39.0 Å². The van der Waals surface area contributed by atoms with Crippen LogP contribution >= 0.6 is 0 Å². The van der Waals surface area contributed by atoms with Gasteiger partial charge in [-0.25, -0.2) is 0 Å². The van der Waals surface area contributed by atoms with Crippen molar-refractivity contribution >= 4 is 11.9 Å². The quantitative estimate of drug-likeness (QED) is 0.644. The molecule has 4 nitrogen and oxygen atoms in total. The molecule has 0 aromatic heterocycles. The summed E-state index contributed by atoms with van der Waals surface area (Å²) in [5.74, 6) is 2.68. The van der Waals surface area contributed by atoms with Crippen LogP contribution in [0.25, 0.3) is 0 Å². The third-order valence-corrected chi connectivity index (χ3v) is 9.01. The lowest BCUT2D eigenvalue weighted by molar-refractivity contribution is -0.159. The maximum Gasteiger partial charge on any atom is 0.302 e. The number of fused-ring (bicyclic) bond motifs is 5. The van der Waals surface area contributed by atoms with Crippen molar-refractivity contribution in [1.82, 2.24) is 0 Å². The van der Waals surface area contributed by atoms with Gasteiger partial charge in [0.2, 0.25) is 0 Å². The molecule has 152 valence electrons. The average Bonchev–Trinajstić information content (AvgIpc) is 2.90. The molecule has 4 fully saturated rings. The highest BCUT2D eigenvalue weighted by Crippen LogP contribution is 2.66. The Bertz CT molecular complexity index is 615. The van der Waals surface area contributed by atoms with Gasteiger partial charge in [0.1, 0.15) is 12.2 Å². The highest BCUT2D eigenvalue weighted by molar-refractivity contribution is 5.66. The molecule has 0 spiro atoms. The van der Waals surface area contributed by atoms with E-state index in [0.29, 0.717) is 22.7 Å². The Morgan fingerprint density at radius 1 is 0.815 bits per heavy atom. The van der Waals surface area contributed by atoms with Gasteiger partial charge in [-0.15, -0.1) is 0 Å². The Kier molecular flexibility index (Phi) is 4.83. The van der Waals surface area contributed by atoms with E-state index >= 15 is 0 Å². The summed E-state index contributed by atoms with van der Waals surface area (Å²) >= 11 is 0. The summed E-state index contributed by atoms with van der Waals surface area (Å²) in [7, 11) is 0. The first kappa shape index (κ1) is 19.3. The number of carbonyl (C=O) groups is 2. The lowest BCUT2D eigenvalue weighted by Crippen LogP contribution is -2.53. The first-order valence-corrected chi connectivity index (χ1v) is 11.1. The number of ether oxygens (including phenoxy) is 2. The van der Waals surface area contributed by atoms with Crippen LogP contribution in [-0.2, 0) is 19.1 Å². The molecule has 0 bridgehead atoms. The fraction of sp³-hybridized carbons (Fsp3) is 0.913. The van der Waals surface area contributed by atoms with Crippen molar-refractivity contribution in [3.05, 3.63) is 0 Å². The second-order valence-electron chi connectivity index (χ2n) is 10.5. The van der Waals surface area contributed by atoms with Gasteiger partial charge in [0.05, 0.1) is 0 Å². The second-order valence-corrected chi connectivity index (χ2v) is 10.5. The number of carbonyl (C=O) groups excluding carboxylic acids is 2. The zero-order valence-electron chi connectivity index (χ0n) is 17.5. The Hall–Kier alpha value is -1.06. The first-order chi connectivity index (χ1) is 12.7. The van der Waals surface area contributed by atoms with Crippen LogP contribution in [0, 0.1) is 34.5 Å². The molecule has 27 heavy (non-hydrogen) atoms. The Balaban J connectivity index is 1.50. The lowest BCUT2D eigenvalue weighted by Gasteiger charge is -2.60. The topological polar surface area (TPSA) is 52.6 Å². The molecule has 4 heteroatoms. The van der Waals surface area contributed by atoms with E-state index in [1.807, 2.05) is 0 Å². The van der Waals surface area contributed by atoms with Crippen LogP contribution in [0.15, 0.2) is 0 Å². The standard InChI is InChI=1S/C23H36O4/c1-14(24)26-17-7-10-23(4)16(11-17)5-6-19-20(23)8-9-22(3)13-18(12-21(19)22)27-15(2)25/h16-21H,5-13H2,1-4H3/t16-,17-,18+,19+,20+,21+,22+,23-/m0/s1. The lowest BCUT2D eigenvalue weighted by atomic mass is 9.45. The molecule has 4 rings (SSSR count). The zero-order valence-corrected chi connectivity index (χ0v) is 17.5. The highest BCUT2D eigenvalue weighted by Gasteiger charge is 2.59. The number of hydrogen-bond donors (Lipinski definition) is 0. The van der Waals surface area contributed by atoms with E-state index in [4.69, 9.17) is 9.47 Å². The molecule has 0 unspecified atom stereocenters. The van der Waals surface area contributed by atoms with E-state index in [1.54, 1.807) is 6.92 Å². The molecule has 8 atom stereocenters. The van der Waals surface area contributed by atoms with E-state index in [0.717, 1.165) is 37.5 Å². The summed E-state index contributed by atoms with van der Waals surface area (Å²) in [6.45, 7) is 8.05. The van der Waals surface area contributed by atoms with E-state index in [9.17, 15) is 9.59 Å². The van der Waals surface area contributed by atoms with Crippen LogP contribution < -0.4 is 0 Å². The summed E-state index contributed by atoms with van der Waals surface area (Å²) in [4.78, 5) is 22.9. The molecule has 0 aromatic rings. The van der Waals surface area contributed by atoms with Gasteiger partial charge in [-0.3, -0.25) is 9.59 Å². The molecule has 0 aromatic carbocycles. The van der Waals surface area contributed by atoms with Gasteiger partial charge in [0, 0.05) is 13.8 Å². The van der Waals surface area contributed by atoms with Crippen molar-refractivity contribution in [2.45, 2.75) is 97.7 Å². The normalized spacial score (nSPS) is 48.7. The second kappa shape index (κ2) is 6.77. The third kappa shape index (κ3) is 3.31. The van der Waals surface area contributed by atoms with Crippen LogP contribution in [0.1, 0.15) is 85.5 Å². The molecular formula is C23H36O4. The summed E-state index contributed by atoms with van der Waals surface area (Å²) in [6, 6.07) is 0. The minimum absolute atomic E-state index is 0.126. The fourth-order valence-corrected chi connectivity index (χ4v) is 7.88. The number of rotatable bonds is 2. The maximum atomic E-state index is 11.5. The van der Waals surface area contributed by atoms with Crippen LogP contribution in [0.4, 0.5) is 0 Å². The number of esters is 2. The maximum absolute atomic E-state index is 11.5. The van der Waals surface area contributed by atoms with Gasteiger partial charge in [-0.1, -0.05) is 13.8 Å². The molecule has 0 amide bonds. The van der Waals surface area contributed by atoms with Gasteiger partial charge in [-0.05, 0) is 92.3 Å². The van der Waals surface area contributed by atoms with Gasteiger partial charge >= 0.3 is 11.9 Å². The summed E-state index contributed by atoms with van der Waals surface area (Å²) in [5.41, 5.74) is 0.736. The molecular weight excluding hydrogens is 340 g/mol. The highest BCUT2D eigenvalue weighted by atomic mass is 16.5. The van der Waals surface area contributed by atoms with E-state index in [-0.39, 0.29) is 24.1 Å². The molecule has 0 N–H and O–H groups in total. The van der Waals surface area contributed by atoms with Gasteiger partial charge in [0.15, 0.2) is 0 Å². The Morgan fingerprint density at radius 3 is 2.22 bits per heavy atom. The molecule has 4 aliphatic carbocycles. The smallest absolute Gasteiger partial charge is 0.302 e. The summed E-state index contributed by atoms with van der Waals surface area (Å²) in [5, 5.41) is 0. The van der Waals surface area contributed by atoms with Crippen LogP contribution in [0.5, 0.6) is 0 Å². The van der Waals surface area contributed by atoms with Crippen LogP contribution in [0.3, 0.4) is 0 Å². The van der Waals surface area contributed by atoms with Crippen LogP contribution in [0.2, 0.25) is 0 Å². The van der Waals surface area contributed by atoms with Crippen LogP contribution in [-0.4, -0.2) is 24.1 Å². The van der Waals surface area contributed by atoms with Crippen molar-refractivity contribution in [3.63, 3.8) is 0 Å². The predicted molar refractivity (Wildman–Crippen MR) is 103 cm³/mol. The van der Waals surface area contributed by atoms with Crippen molar-refractivity contribution in [1.29, 1.82) is 0 Å². The Labute approximate surface area is 163 Å². The van der Waals surface area contributed by atoms with Crippen molar-refractivity contribution in [2.75, 3.05) is 0 Å². The Morgan fingerprint density at radius 2 is 1.52 bits per heavy atom. The minimum Gasteiger partial charge on any atom is -0.463 e. The predicted octanol–water partition coefficient (Wildman–Crippen LogP) is 4.89. The average molecular weight is 377 g/mol. The van der Waals surface area contributed by atoms with Crippen molar-refractivity contribution in [2.24, 2.45) is 34.5 Å². The van der Waals surface area contributed by atoms with Gasteiger partial charge in [-0.2, -0.15) is 0 Å². The third-order valence-electron chi connectivity index (χ3n) is 9.01. The molecule has 0 heterocycles. The molecule has 0 saturated heterocycles.